The van der Waals surface area contributed by atoms with Crippen molar-refractivity contribution in [3.05, 3.63) is 24.0 Å². The van der Waals surface area contributed by atoms with Crippen LogP contribution in [-0.2, 0) is 9.47 Å². The van der Waals surface area contributed by atoms with Crippen LogP contribution in [0.2, 0.25) is 0 Å². The van der Waals surface area contributed by atoms with Gasteiger partial charge >= 0.3 is 6.09 Å². The maximum atomic E-state index is 14.6. The van der Waals surface area contributed by atoms with E-state index in [0.29, 0.717) is 37.6 Å². The molecule has 8 nitrogen and oxygen atoms in total. The Morgan fingerprint density at radius 1 is 1.50 bits per heavy atom. The molecule has 0 radical (unpaired) electrons. The molecule has 0 aromatic heterocycles. The van der Waals surface area contributed by atoms with Crippen molar-refractivity contribution in [2.24, 2.45) is 5.10 Å². The number of nitrogens with zero attached hydrogens (tertiary/aromatic N) is 4. The second-order valence-electron chi connectivity index (χ2n) is 5.93. The molecule has 1 aromatic rings. The number of carbonyl (C=O) groups excluding carboxylic acids is 1. The number of rotatable bonds is 4. The zero-order valence-electron chi connectivity index (χ0n) is 14.5. The lowest BCUT2D eigenvalue weighted by molar-refractivity contribution is 0.142. The number of likely N-dealkylation sites (N-methyl/N-ethyl adjacent to an activating group) is 1. The number of hydrogen-bond acceptors (Lipinski definition) is 7. The fourth-order valence-electron chi connectivity index (χ4n) is 2.71. The Hall–Kier alpha value is -2.62. The number of amides is 1. The molecule has 2 aliphatic rings. The van der Waals surface area contributed by atoms with E-state index in [2.05, 4.69) is 10.4 Å². The second-order valence-corrected chi connectivity index (χ2v) is 6.30. The number of cyclic esters (lactones) is 1. The normalized spacial score (nSPS) is 19.6. The van der Waals surface area contributed by atoms with Crippen LogP contribution in [0.1, 0.15) is 0 Å². The van der Waals surface area contributed by atoms with Gasteiger partial charge in [0.2, 0.25) is 0 Å². The first-order valence-corrected chi connectivity index (χ1v) is 8.50. The van der Waals surface area contributed by atoms with Crippen molar-refractivity contribution in [2.45, 2.75) is 6.10 Å². The summed E-state index contributed by atoms with van der Waals surface area (Å²) in [6.07, 6.45) is 0.670. The molecule has 1 fully saturated rings. The maximum absolute atomic E-state index is 14.6. The fourth-order valence-corrected chi connectivity index (χ4v) is 2.79. The van der Waals surface area contributed by atoms with Gasteiger partial charge in [0.05, 0.1) is 38.1 Å². The quantitative estimate of drug-likeness (QED) is 0.790. The summed E-state index contributed by atoms with van der Waals surface area (Å²) in [4.78, 5) is 15.2. The highest BCUT2D eigenvalue weighted by atomic mass is 32.1. The minimum absolute atomic E-state index is 0.226. The zero-order chi connectivity index (χ0) is 18.7. The summed E-state index contributed by atoms with van der Waals surface area (Å²) in [7, 11) is 3.31. The predicted octanol–water partition coefficient (Wildman–Crippen LogP) is 1.37. The van der Waals surface area contributed by atoms with E-state index in [0.717, 1.165) is 0 Å². The van der Waals surface area contributed by atoms with Crippen LogP contribution in [0.3, 0.4) is 0 Å². The van der Waals surface area contributed by atoms with Gasteiger partial charge in [0.1, 0.15) is 18.3 Å². The van der Waals surface area contributed by atoms with Gasteiger partial charge in [0, 0.05) is 13.6 Å². The van der Waals surface area contributed by atoms with E-state index in [1.54, 1.807) is 28.4 Å². The van der Waals surface area contributed by atoms with Gasteiger partial charge in [-0.3, -0.25) is 9.91 Å². The third kappa shape index (κ3) is 3.96. The first-order chi connectivity index (χ1) is 12.5. The Kier molecular flexibility index (Phi) is 5.40. The minimum Gasteiger partial charge on any atom is -0.474 e. The van der Waals surface area contributed by atoms with E-state index < -0.39 is 18.0 Å². The van der Waals surface area contributed by atoms with E-state index >= 15 is 0 Å². The van der Waals surface area contributed by atoms with Crippen LogP contribution in [0, 0.1) is 5.82 Å². The molecule has 2 aliphatic heterocycles. The van der Waals surface area contributed by atoms with Gasteiger partial charge in [0.15, 0.2) is 0 Å². The lowest BCUT2D eigenvalue weighted by atomic mass is 10.2. The van der Waals surface area contributed by atoms with Crippen LogP contribution in [-0.4, -0.2) is 69.1 Å². The summed E-state index contributed by atoms with van der Waals surface area (Å²) in [6, 6.07) is 4.67. The molecule has 10 heteroatoms. The molecule has 140 valence electrons. The summed E-state index contributed by atoms with van der Waals surface area (Å²) in [5.41, 5.74) is 0.862. The van der Waals surface area contributed by atoms with Crippen LogP contribution in [0.15, 0.2) is 23.3 Å². The van der Waals surface area contributed by atoms with Crippen molar-refractivity contribution >= 4 is 41.2 Å². The number of nitrogens with one attached hydrogen (secondary N) is 1. The molecule has 0 spiro atoms. The lowest BCUT2D eigenvalue weighted by Crippen LogP contribution is -2.36. The molecular weight excluding hydrogens is 361 g/mol. The van der Waals surface area contributed by atoms with Gasteiger partial charge in [-0.2, -0.15) is 5.10 Å². The fraction of sp³-hybridized carbons (Fsp3) is 0.438. The standard InChI is InChI=1S/C16H20FN5O3S/c1-20-5-6-21(10-19-20)14-4-3-11(7-13(14)17)22-9-12(25-16(22)23)8-18-15(26)24-2/h3-4,7,10,12H,5-6,8-9H2,1-2H3,(H,18,26)/t12-/m0/s1. The number of anilines is 2. The van der Waals surface area contributed by atoms with E-state index in [4.69, 9.17) is 21.7 Å². The summed E-state index contributed by atoms with van der Waals surface area (Å²) in [6.45, 7) is 1.96. The monoisotopic (exact) mass is 381 g/mol. The first kappa shape index (κ1) is 18.2. The molecule has 1 atom stereocenters. The van der Waals surface area contributed by atoms with E-state index in [9.17, 15) is 9.18 Å². The molecule has 1 N–H and O–H groups in total. The molecule has 26 heavy (non-hydrogen) atoms. The van der Waals surface area contributed by atoms with Crippen molar-refractivity contribution < 1.29 is 18.7 Å². The van der Waals surface area contributed by atoms with Crippen LogP contribution >= 0.6 is 12.2 Å². The number of hydrogen-bond donors (Lipinski definition) is 1. The molecule has 0 aliphatic carbocycles. The SMILES string of the molecule is COC(=S)NC[C@H]1CN(c2ccc(N3C=NN(C)CC3)c(F)c2)C(=O)O1. The summed E-state index contributed by atoms with van der Waals surface area (Å²) in [5.74, 6) is -0.423. The van der Waals surface area contributed by atoms with Gasteiger partial charge in [-0.15, -0.1) is 0 Å². The largest absolute Gasteiger partial charge is 0.474 e. The summed E-state index contributed by atoms with van der Waals surface area (Å²) < 4.78 is 24.7. The summed E-state index contributed by atoms with van der Waals surface area (Å²) in [5, 5.41) is 9.00. The smallest absolute Gasteiger partial charge is 0.414 e. The third-order valence-electron chi connectivity index (χ3n) is 4.14. The number of halogens is 1. The van der Waals surface area contributed by atoms with Gasteiger partial charge in [-0.25, -0.2) is 9.18 Å². The predicted molar refractivity (Wildman–Crippen MR) is 100 cm³/mol. The van der Waals surface area contributed by atoms with E-state index in [-0.39, 0.29) is 5.17 Å². The van der Waals surface area contributed by atoms with Crippen LogP contribution < -0.4 is 15.1 Å². The van der Waals surface area contributed by atoms with Crippen molar-refractivity contribution in [3.8, 4) is 0 Å². The van der Waals surface area contributed by atoms with Crippen LogP contribution in [0.25, 0.3) is 0 Å². The molecule has 0 unspecified atom stereocenters. The number of methoxy groups -OCH3 is 1. The Labute approximate surface area is 156 Å². The molecule has 2 heterocycles. The Bertz CT molecular complexity index is 732. The molecule has 0 saturated carbocycles. The molecular formula is C16H20FN5O3S. The molecule has 1 amide bonds. The number of hydrazone groups is 1. The van der Waals surface area contributed by atoms with Gasteiger partial charge in [-0.05, 0) is 30.4 Å². The number of ether oxygens (including phenoxy) is 2. The minimum atomic E-state index is -0.520. The van der Waals surface area contributed by atoms with E-state index in [1.807, 2.05) is 7.05 Å². The van der Waals surface area contributed by atoms with Gasteiger partial charge in [-0.1, -0.05) is 0 Å². The average molecular weight is 381 g/mol. The first-order valence-electron chi connectivity index (χ1n) is 8.09. The molecule has 1 saturated heterocycles. The van der Waals surface area contributed by atoms with Crippen molar-refractivity contribution in [1.29, 1.82) is 0 Å². The Balaban J connectivity index is 1.68. The summed E-state index contributed by atoms with van der Waals surface area (Å²) >= 11 is 4.89. The average Bonchev–Trinajstić information content (AvgIpc) is 3.01. The molecule has 1 aromatic carbocycles. The van der Waals surface area contributed by atoms with Crippen LogP contribution in [0.5, 0.6) is 0 Å². The van der Waals surface area contributed by atoms with E-state index in [1.165, 1.54) is 18.1 Å². The topological polar surface area (TPSA) is 69.6 Å². The third-order valence-corrected chi connectivity index (χ3v) is 4.45. The Morgan fingerprint density at radius 2 is 2.31 bits per heavy atom. The number of thiocarbonyl (C=S) groups is 1. The highest BCUT2D eigenvalue weighted by Crippen LogP contribution is 2.28. The number of carbonyl (C=O) groups is 1. The molecule has 0 bridgehead atoms. The Morgan fingerprint density at radius 3 is 2.96 bits per heavy atom. The van der Waals surface area contributed by atoms with Gasteiger partial charge in [0.25, 0.3) is 5.17 Å². The lowest BCUT2D eigenvalue weighted by Gasteiger charge is -2.28. The van der Waals surface area contributed by atoms with Gasteiger partial charge < -0.3 is 19.7 Å². The number of benzene rings is 1. The second kappa shape index (κ2) is 7.73. The van der Waals surface area contributed by atoms with Crippen molar-refractivity contribution in [2.75, 3.05) is 50.1 Å². The van der Waals surface area contributed by atoms with Crippen LogP contribution in [0.4, 0.5) is 20.6 Å². The van der Waals surface area contributed by atoms with Crippen molar-refractivity contribution in [3.63, 3.8) is 0 Å². The molecule has 3 rings (SSSR count). The maximum Gasteiger partial charge on any atom is 0.414 e. The van der Waals surface area contributed by atoms with Crippen molar-refractivity contribution in [1.82, 2.24) is 10.3 Å². The highest BCUT2D eigenvalue weighted by molar-refractivity contribution is 7.80. The highest BCUT2D eigenvalue weighted by Gasteiger charge is 2.33. The zero-order valence-corrected chi connectivity index (χ0v) is 15.3.